The third-order valence-electron chi connectivity index (χ3n) is 6.18. The summed E-state index contributed by atoms with van der Waals surface area (Å²) in [5.41, 5.74) is 3.68. The molecule has 3 heterocycles. The molecule has 0 spiro atoms. The first-order valence-electron chi connectivity index (χ1n) is 11.6. The van der Waals surface area contributed by atoms with Gasteiger partial charge in [0.25, 0.3) is 0 Å². The van der Waals surface area contributed by atoms with Crippen molar-refractivity contribution in [2.75, 3.05) is 6.54 Å². The third-order valence-corrected chi connectivity index (χ3v) is 7.13. The lowest BCUT2D eigenvalue weighted by Crippen LogP contribution is -2.50. The number of carbonyl (C=O) groups excluding carboxylic acids is 2. The van der Waals surface area contributed by atoms with Crippen molar-refractivity contribution in [1.29, 1.82) is 0 Å². The molecule has 2 aliphatic rings. The van der Waals surface area contributed by atoms with Crippen LogP contribution in [0, 0.1) is 18.3 Å². The number of aliphatic imine (C=N–C) groups is 1. The van der Waals surface area contributed by atoms with Crippen LogP contribution in [0.5, 0.6) is 0 Å². The average Bonchev–Trinajstić information content (AvgIpc) is 3.38. The Balaban J connectivity index is 1.41. The quantitative estimate of drug-likeness (QED) is 0.582. The van der Waals surface area contributed by atoms with Crippen molar-refractivity contribution in [2.24, 2.45) is 16.3 Å². The summed E-state index contributed by atoms with van der Waals surface area (Å²) >= 11 is 1.51. The molecular weight excluding hydrogens is 452 g/mol. The number of hydrogen-bond acceptors (Lipinski definition) is 8. The maximum Gasteiger partial charge on any atom is 0.243 e. The number of aromatic nitrogens is 3. The SMILES string of the molecule is Cc1ncsc1-c1cnc(CNC(=O)[C@@H]2C[C@@H](O)CN2C(=O)C(C=NC2CC2)C(C)(C)C)cn1. The van der Waals surface area contributed by atoms with Crippen molar-refractivity contribution in [3.63, 3.8) is 0 Å². The zero-order chi connectivity index (χ0) is 24.5. The van der Waals surface area contributed by atoms with Crippen LogP contribution in [-0.4, -0.2) is 67.7 Å². The van der Waals surface area contributed by atoms with Gasteiger partial charge >= 0.3 is 0 Å². The summed E-state index contributed by atoms with van der Waals surface area (Å²) in [7, 11) is 0. The highest BCUT2D eigenvalue weighted by Gasteiger charge is 2.43. The van der Waals surface area contributed by atoms with Crippen molar-refractivity contribution in [3.8, 4) is 10.6 Å². The summed E-state index contributed by atoms with van der Waals surface area (Å²) in [6, 6.07) is -0.415. The van der Waals surface area contributed by atoms with Crippen LogP contribution in [0.3, 0.4) is 0 Å². The van der Waals surface area contributed by atoms with Gasteiger partial charge in [-0.05, 0) is 25.2 Å². The summed E-state index contributed by atoms with van der Waals surface area (Å²) in [6.45, 7) is 8.23. The van der Waals surface area contributed by atoms with Gasteiger partial charge in [-0.3, -0.25) is 24.5 Å². The van der Waals surface area contributed by atoms with E-state index >= 15 is 0 Å². The molecular formula is C24H32N6O3S. The predicted octanol–water partition coefficient (Wildman–Crippen LogP) is 2.38. The number of nitrogens with one attached hydrogen (secondary N) is 1. The van der Waals surface area contributed by atoms with Crippen molar-refractivity contribution >= 4 is 29.4 Å². The van der Waals surface area contributed by atoms with Crippen LogP contribution in [-0.2, 0) is 16.1 Å². The molecule has 10 heteroatoms. The van der Waals surface area contributed by atoms with Gasteiger partial charge in [-0.1, -0.05) is 20.8 Å². The van der Waals surface area contributed by atoms with E-state index in [2.05, 4.69) is 25.3 Å². The lowest BCUT2D eigenvalue weighted by molar-refractivity contribution is -0.142. The maximum absolute atomic E-state index is 13.5. The number of carbonyl (C=O) groups is 2. The Morgan fingerprint density at radius 1 is 1.29 bits per heavy atom. The molecule has 2 aromatic heterocycles. The second-order valence-corrected chi connectivity index (χ2v) is 11.0. The second-order valence-electron chi connectivity index (χ2n) is 10.1. The standard InChI is InChI=1S/C24H32N6O3S/c1-14-21(34-13-29-14)19-11-26-16(8-27-19)9-28-22(32)20-7-17(31)12-30(20)23(33)18(24(2,3)4)10-25-15-5-6-15/h8,10-11,13,15,17-18,20,31H,5-7,9,12H2,1-4H3,(H,28,32)/t17-,18?,20+/m1/s1. The molecule has 9 nitrogen and oxygen atoms in total. The van der Waals surface area contributed by atoms with E-state index < -0.39 is 18.1 Å². The first kappa shape index (κ1) is 24.4. The van der Waals surface area contributed by atoms with Gasteiger partial charge in [-0.2, -0.15) is 0 Å². The van der Waals surface area contributed by atoms with Gasteiger partial charge < -0.3 is 15.3 Å². The van der Waals surface area contributed by atoms with Gasteiger partial charge in [0, 0.05) is 25.2 Å². The minimum Gasteiger partial charge on any atom is -0.391 e. The maximum atomic E-state index is 13.5. The Morgan fingerprint density at radius 3 is 2.65 bits per heavy atom. The van der Waals surface area contributed by atoms with Gasteiger partial charge in [0.2, 0.25) is 11.8 Å². The molecule has 2 amide bonds. The number of amides is 2. The minimum absolute atomic E-state index is 0.142. The molecule has 0 radical (unpaired) electrons. The van der Waals surface area contributed by atoms with E-state index in [1.807, 2.05) is 27.7 Å². The molecule has 3 atom stereocenters. The molecule has 2 N–H and O–H groups in total. The number of likely N-dealkylation sites (tertiary alicyclic amines) is 1. The molecule has 34 heavy (non-hydrogen) atoms. The fraction of sp³-hybridized carbons (Fsp3) is 0.583. The highest BCUT2D eigenvalue weighted by atomic mass is 32.1. The number of aliphatic hydroxyl groups is 1. The summed E-state index contributed by atoms with van der Waals surface area (Å²) < 4.78 is 0. The van der Waals surface area contributed by atoms with Gasteiger partial charge in [-0.25, -0.2) is 4.98 Å². The molecule has 1 unspecified atom stereocenters. The first-order chi connectivity index (χ1) is 16.1. The van der Waals surface area contributed by atoms with Crippen LogP contribution < -0.4 is 5.32 Å². The van der Waals surface area contributed by atoms with Crippen LogP contribution in [0.4, 0.5) is 0 Å². The third kappa shape index (κ3) is 5.67. The molecule has 182 valence electrons. The van der Waals surface area contributed by atoms with Gasteiger partial charge in [0.05, 0.1) is 52.7 Å². The number of rotatable bonds is 7. The Bertz CT molecular complexity index is 1060. The number of β-amino-alcohol motifs (C(OH)–C–C–N with tert-alkyl or cyclic N) is 1. The minimum atomic E-state index is -0.734. The van der Waals surface area contributed by atoms with Gasteiger partial charge in [0.1, 0.15) is 11.7 Å². The smallest absolute Gasteiger partial charge is 0.243 e. The van der Waals surface area contributed by atoms with Crippen LogP contribution in [0.15, 0.2) is 22.9 Å². The summed E-state index contributed by atoms with van der Waals surface area (Å²) in [5.74, 6) is -0.930. The second kappa shape index (κ2) is 9.87. The molecule has 0 bridgehead atoms. The molecule has 2 aromatic rings. The zero-order valence-corrected chi connectivity index (χ0v) is 20.9. The molecule has 0 aromatic carbocycles. The number of aliphatic hydroxyl groups excluding tert-OH is 1. The largest absolute Gasteiger partial charge is 0.391 e. The fourth-order valence-corrected chi connectivity index (χ4v) is 4.75. The Labute approximate surface area is 203 Å². The van der Waals surface area contributed by atoms with Crippen LogP contribution in [0.1, 0.15) is 51.4 Å². The fourth-order valence-electron chi connectivity index (χ4n) is 3.98. The number of thiazole rings is 1. The van der Waals surface area contributed by atoms with Crippen molar-refractivity contribution < 1.29 is 14.7 Å². The number of hydrogen-bond donors (Lipinski definition) is 2. The molecule has 1 saturated heterocycles. The Hall–Kier alpha value is -2.72. The molecule has 1 aliphatic heterocycles. The van der Waals surface area contributed by atoms with E-state index in [1.165, 1.54) is 16.2 Å². The Morgan fingerprint density at radius 2 is 2.06 bits per heavy atom. The topological polar surface area (TPSA) is 121 Å². The molecule has 2 fully saturated rings. The van der Waals surface area contributed by atoms with Crippen LogP contribution >= 0.6 is 11.3 Å². The van der Waals surface area contributed by atoms with Crippen LogP contribution in [0.2, 0.25) is 0 Å². The molecule has 4 rings (SSSR count). The van der Waals surface area contributed by atoms with Gasteiger partial charge in [0.15, 0.2) is 0 Å². The number of aryl methyl sites for hydroxylation is 1. The highest BCUT2D eigenvalue weighted by Crippen LogP contribution is 2.31. The highest BCUT2D eigenvalue weighted by molar-refractivity contribution is 7.13. The predicted molar refractivity (Wildman–Crippen MR) is 130 cm³/mol. The van der Waals surface area contributed by atoms with E-state index in [0.29, 0.717) is 11.7 Å². The average molecular weight is 485 g/mol. The van der Waals surface area contributed by atoms with Crippen molar-refractivity contribution in [2.45, 2.75) is 71.7 Å². The first-order valence-corrected chi connectivity index (χ1v) is 12.5. The van der Waals surface area contributed by atoms with E-state index in [0.717, 1.165) is 29.1 Å². The lowest BCUT2D eigenvalue weighted by atomic mass is 9.80. The van der Waals surface area contributed by atoms with Crippen molar-refractivity contribution in [3.05, 3.63) is 29.3 Å². The van der Waals surface area contributed by atoms with E-state index in [1.54, 1.807) is 24.1 Å². The Kier molecular flexibility index (Phi) is 7.09. The summed E-state index contributed by atoms with van der Waals surface area (Å²) in [5, 5.41) is 13.1. The van der Waals surface area contributed by atoms with E-state index in [4.69, 9.17) is 0 Å². The molecule has 1 aliphatic carbocycles. The molecule has 1 saturated carbocycles. The van der Waals surface area contributed by atoms with E-state index in [9.17, 15) is 14.7 Å². The lowest BCUT2D eigenvalue weighted by Gasteiger charge is -2.32. The normalized spacial score (nSPS) is 21.7. The van der Waals surface area contributed by atoms with Gasteiger partial charge in [-0.15, -0.1) is 11.3 Å². The van der Waals surface area contributed by atoms with Crippen LogP contribution in [0.25, 0.3) is 10.6 Å². The summed E-state index contributed by atoms with van der Waals surface area (Å²) in [4.78, 5) is 46.6. The van der Waals surface area contributed by atoms with Crippen molar-refractivity contribution in [1.82, 2.24) is 25.2 Å². The zero-order valence-electron chi connectivity index (χ0n) is 20.1. The number of nitrogens with zero attached hydrogens (tertiary/aromatic N) is 5. The van der Waals surface area contributed by atoms with E-state index in [-0.39, 0.29) is 36.7 Å². The summed E-state index contributed by atoms with van der Waals surface area (Å²) in [6.07, 6.45) is 6.65. The monoisotopic (exact) mass is 484 g/mol.